The largest absolute Gasteiger partial charge is 0.330 e. The fourth-order valence-corrected chi connectivity index (χ4v) is 4.30. The van der Waals surface area contributed by atoms with Crippen LogP contribution >= 0.6 is 0 Å². The van der Waals surface area contributed by atoms with Crippen LogP contribution in [0.1, 0.15) is 38.1 Å². The van der Waals surface area contributed by atoms with E-state index in [0.29, 0.717) is 6.73 Å². The minimum atomic E-state index is -0.185. The van der Waals surface area contributed by atoms with E-state index in [1.807, 2.05) is 12.1 Å². The SMILES string of the molecule is CC(C)(C)c1ccc(C2OCN(c3ccc(-c4ccccc4)cc3)N2c2ccccc2)cc1. The van der Waals surface area contributed by atoms with Crippen LogP contribution in [0, 0.1) is 0 Å². The molecule has 3 nitrogen and oxygen atoms in total. The molecule has 1 atom stereocenters. The van der Waals surface area contributed by atoms with Crippen molar-refractivity contribution in [3.8, 4) is 11.1 Å². The van der Waals surface area contributed by atoms with Crippen molar-refractivity contribution in [2.24, 2.45) is 0 Å². The molecule has 4 aromatic rings. The molecule has 0 aromatic heterocycles. The van der Waals surface area contributed by atoms with Crippen molar-refractivity contribution in [3.05, 3.63) is 120 Å². The smallest absolute Gasteiger partial charge is 0.177 e. The molecule has 1 saturated heterocycles. The van der Waals surface area contributed by atoms with E-state index < -0.39 is 0 Å². The summed E-state index contributed by atoms with van der Waals surface area (Å²) < 4.78 is 6.37. The zero-order chi connectivity index (χ0) is 22.8. The van der Waals surface area contributed by atoms with Gasteiger partial charge in [0.2, 0.25) is 0 Å². The van der Waals surface area contributed by atoms with Crippen LogP contribution in [0.2, 0.25) is 0 Å². The van der Waals surface area contributed by atoms with Crippen molar-refractivity contribution >= 4 is 11.4 Å². The zero-order valence-corrected chi connectivity index (χ0v) is 19.5. The summed E-state index contributed by atoms with van der Waals surface area (Å²) in [5, 5.41) is 4.47. The summed E-state index contributed by atoms with van der Waals surface area (Å²) in [5.41, 5.74) is 7.23. The van der Waals surface area contributed by atoms with Crippen LogP contribution in [0.25, 0.3) is 11.1 Å². The quantitative estimate of drug-likeness (QED) is 0.329. The molecule has 1 aliphatic rings. The third-order valence-electron chi connectivity index (χ3n) is 6.19. The van der Waals surface area contributed by atoms with Gasteiger partial charge >= 0.3 is 0 Å². The molecule has 1 unspecified atom stereocenters. The van der Waals surface area contributed by atoms with Crippen molar-refractivity contribution in [2.45, 2.75) is 32.4 Å². The molecule has 0 amide bonds. The van der Waals surface area contributed by atoms with Crippen molar-refractivity contribution in [2.75, 3.05) is 16.7 Å². The summed E-state index contributed by atoms with van der Waals surface area (Å²) in [6.07, 6.45) is -0.185. The molecule has 1 fully saturated rings. The number of nitrogens with zero attached hydrogens (tertiary/aromatic N) is 2. The van der Waals surface area contributed by atoms with Gasteiger partial charge in [-0.1, -0.05) is 106 Å². The van der Waals surface area contributed by atoms with Crippen molar-refractivity contribution in [1.29, 1.82) is 0 Å². The van der Waals surface area contributed by atoms with E-state index in [1.54, 1.807) is 0 Å². The van der Waals surface area contributed by atoms with Gasteiger partial charge in [0.1, 0.15) is 6.73 Å². The Bertz CT molecular complexity index is 1180. The highest BCUT2D eigenvalue weighted by Crippen LogP contribution is 2.38. The number of rotatable bonds is 4. The van der Waals surface area contributed by atoms with Gasteiger partial charge in [0, 0.05) is 5.56 Å². The summed E-state index contributed by atoms with van der Waals surface area (Å²) in [6, 6.07) is 38.5. The molecule has 1 aliphatic heterocycles. The molecule has 33 heavy (non-hydrogen) atoms. The van der Waals surface area contributed by atoms with Crippen LogP contribution in [-0.4, -0.2) is 6.73 Å². The highest BCUT2D eigenvalue weighted by atomic mass is 16.5. The lowest BCUT2D eigenvalue weighted by Gasteiger charge is -2.33. The molecule has 0 N–H and O–H groups in total. The maximum Gasteiger partial charge on any atom is 0.177 e. The second-order valence-electron chi connectivity index (χ2n) is 9.51. The van der Waals surface area contributed by atoms with E-state index in [2.05, 4.69) is 128 Å². The predicted octanol–water partition coefficient (Wildman–Crippen LogP) is 7.57. The average molecular weight is 435 g/mol. The lowest BCUT2D eigenvalue weighted by molar-refractivity contribution is 0.113. The van der Waals surface area contributed by atoms with Gasteiger partial charge in [0.15, 0.2) is 6.23 Å². The second kappa shape index (κ2) is 8.76. The number of para-hydroxylation sites is 1. The Morgan fingerprint density at radius 2 is 1.21 bits per heavy atom. The first-order valence-corrected chi connectivity index (χ1v) is 11.5. The summed E-state index contributed by atoms with van der Waals surface area (Å²) in [4.78, 5) is 0. The van der Waals surface area contributed by atoms with Gasteiger partial charge in [0.25, 0.3) is 0 Å². The summed E-state index contributed by atoms with van der Waals surface area (Å²) in [5.74, 6) is 0. The fourth-order valence-electron chi connectivity index (χ4n) is 4.30. The number of hydrogen-bond acceptors (Lipinski definition) is 3. The van der Waals surface area contributed by atoms with Gasteiger partial charge < -0.3 is 4.74 Å². The molecule has 1 heterocycles. The average Bonchev–Trinajstić information content (AvgIpc) is 3.30. The molecule has 166 valence electrons. The number of anilines is 2. The fraction of sp³-hybridized carbons (Fsp3) is 0.200. The molecule has 5 rings (SSSR count). The van der Waals surface area contributed by atoms with E-state index in [9.17, 15) is 0 Å². The minimum Gasteiger partial charge on any atom is -0.330 e. The van der Waals surface area contributed by atoms with Crippen molar-refractivity contribution in [3.63, 3.8) is 0 Å². The Balaban J connectivity index is 1.48. The molecule has 0 radical (unpaired) electrons. The number of hydrazine groups is 1. The molecular formula is C30H30N2O. The van der Waals surface area contributed by atoms with Crippen molar-refractivity contribution < 1.29 is 4.74 Å². The van der Waals surface area contributed by atoms with E-state index in [0.717, 1.165) is 16.9 Å². The Morgan fingerprint density at radius 1 is 0.636 bits per heavy atom. The maximum absolute atomic E-state index is 6.37. The van der Waals surface area contributed by atoms with Gasteiger partial charge in [0.05, 0.1) is 11.4 Å². The standard InChI is InChI=1S/C30H30N2O/c1-30(2,3)26-18-14-25(15-19-26)29-32(28-12-8-5-9-13-28)31(22-33-29)27-20-16-24(17-21-27)23-10-6-4-7-11-23/h4-21,29H,22H2,1-3H3. The van der Waals surface area contributed by atoms with E-state index in [-0.39, 0.29) is 11.6 Å². The Morgan fingerprint density at radius 3 is 1.82 bits per heavy atom. The van der Waals surface area contributed by atoms with Gasteiger partial charge in [-0.15, -0.1) is 0 Å². The normalized spacial score (nSPS) is 16.3. The monoisotopic (exact) mass is 434 g/mol. The van der Waals surface area contributed by atoms with Crippen LogP contribution in [-0.2, 0) is 10.2 Å². The molecule has 0 saturated carbocycles. The second-order valence-corrected chi connectivity index (χ2v) is 9.51. The molecule has 3 heteroatoms. The highest BCUT2D eigenvalue weighted by Gasteiger charge is 2.34. The first-order chi connectivity index (χ1) is 16.0. The summed E-state index contributed by atoms with van der Waals surface area (Å²) >= 11 is 0. The molecule has 4 aromatic carbocycles. The Kier molecular flexibility index (Phi) is 5.65. The minimum absolute atomic E-state index is 0.126. The molecule has 0 spiro atoms. The Hall–Kier alpha value is -3.56. The van der Waals surface area contributed by atoms with E-state index >= 15 is 0 Å². The third-order valence-corrected chi connectivity index (χ3v) is 6.19. The predicted molar refractivity (Wildman–Crippen MR) is 137 cm³/mol. The van der Waals surface area contributed by atoms with Crippen LogP contribution in [0.15, 0.2) is 109 Å². The van der Waals surface area contributed by atoms with Gasteiger partial charge in [-0.3, -0.25) is 10.0 Å². The van der Waals surface area contributed by atoms with Crippen molar-refractivity contribution in [1.82, 2.24) is 0 Å². The third kappa shape index (κ3) is 4.37. The lowest BCUT2D eigenvalue weighted by Crippen LogP contribution is -2.38. The topological polar surface area (TPSA) is 15.7 Å². The molecule has 0 aliphatic carbocycles. The first kappa shape index (κ1) is 21.3. The van der Waals surface area contributed by atoms with Crippen LogP contribution in [0.5, 0.6) is 0 Å². The first-order valence-electron chi connectivity index (χ1n) is 11.5. The molecule has 0 bridgehead atoms. The highest BCUT2D eigenvalue weighted by molar-refractivity contribution is 5.68. The van der Waals surface area contributed by atoms with Crippen LogP contribution in [0.4, 0.5) is 11.4 Å². The summed E-state index contributed by atoms with van der Waals surface area (Å²) in [7, 11) is 0. The van der Waals surface area contributed by atoms with Crippen LogP contribution in [0.3, 0.4) is 0 Å². The van der Waals surface area contributed by atoms with Gasteiger partial charge in [-0.05, 0) is 46.4 Å². The maximum atomic E-state index is 6.37. The lowest BCUT2D eigenvalue weighted by atomic mass is 9.86. The molecular weight excluding hydrogens is 404 g/mol. The van der Waals surface area contributed by atoms with Gasteiger partial charge in [-0.2, -0.15) is 0 Å². The number of ether oxygens (including phenoxy) is 1. The zero-order valence-electron chi connectivity index (χ0n) is 19.5. The Labute approximate surface area is 196 Å². The van der Waals surface area contributed by atoms with E-state index in [1.165, 1.54) is 16.7 Å². The number of hydrogen-bond donors (Lipinski definition) is 0. The summed E-state index contributed by atoms with van der Waals surface area (Å²) in [6.45, 7) is 7.22. The van der Waals surface area contributed by atoms with E-state index in [4.69, 9.17) is 4.74 Å². The number of benzene rings is 4. The van der Waals surface area contributed by atoms with Gasteiger partial charge in [-0.25, -0.2) is 0 Å². The van der Waals surface area contributed by atoms with Crippen LogP contribution < -0.4 is 10.0 Å².